The van der Waals surface area contributed by atoms with Gasteiger partial charge in [-0.3, -0.25) is 14.5 Å². The third kappa shape index (κ3) is 6.03. The first-order valence-corrected chi connectivity index (χ1v) is 10.5. The zero-order valence-electron chi connectivity index (χ0n) is 15.7. The van der Waals surface area contributed by atoms with Crippen LogP contribution in [0.4, 0.5) is 0 Å². The van der Waals surface area contributed by atoms with Gasteiger partial charge in [0.15, 0.2) is 0 Å². The minimum absolute atomic E-state index is 0.132. The summed E-state index contributed by atoms with van der Waals surface area (Å²) in [4.78, 5) is 26.8. The van der Waals surface area contributed by atoms with Gasteiger partial charge in [-0.15, -0.1) is 0 Å². The van der Waals surface area contributed by atoms with Crippen molar-refractivity contribution in [3.05, 3.63) is 65.0 Å². The fourth-order valence-electron chi connectivity index (χ4n) is 2.95. The average molecular weight is 431 g/mol. The molecule has 0 unspecified atom stereocenters. The van der Waals surface area contributed by atoms with Gasteiger partial charge in [-0.1, -0.05) is 54.3 Å². The smallest absolute Gasteiger partial charge is 0.266 e. The summed E-state index contributed by atoms with van der Waals surface area (Å²) in [5, 5.41) is 12.4. The van der Waals surface area contributed by atoms with Crippen molar-refractivity contribution in [2.75, 3.05) is 13.2 Å². The summed E-state index contributed by atoms with van der Waals surface area (Å²) in [5.41, 5.74) is 1.05. The van der Waals surface area contributed by atoms with E-state index in [-0.39, 0.29) is 30.9 Å². The van der Waals surface area contributed by atoms with Gasteiger partial charge in [0.25, 0.3) is 5.91 Å². The molecule has 152 valence electrons. The molecule has 1 saturated heterocycles. The Morgan fingerprint density at radius 3 is 2.76 bits per heavy atom. The molecule has 6 nitrogen and oxygen atoms in total. The molecule has 2 N–H and O–H groups in total. The molecule has 0 saturated carbocycles. The molecule has 1 fully saturated rings. The molecule has 2 aromatic rings. The first-order chi connectivity index (χ1) is 14.1. The standard InChI is InChI=1S/C21H22N2O4S2/c24-14-16(12-15-6-2-1-3-7-15)22-19(25)9-4-10-23-20(26)18(29-21(23)28)13-17-8-5-11-27-17/h1-3,5-8,11,13,16,24H,4,9-10,12,14H2,(H,22,25)/b18-13+/t16-/m1/s1. The van der Waals surface area contributed by atoms with Crippen LogP contribution in [0.5, 0.6) is 0 Å². The van der Waals surface area contributed by atoms with Gasteiger partial charge in [0.2, 0.25) is 5.91 Å². The Labute approximate surface area is 179 Å². The van der Waals surface area contributed by atoms with Crippen molar-refractivity contribution in [3.63, 3.8) is 0 Å². The van der Waals surface area contributed by atoms with Crippen LogP contribution in [-0.4, -0.2) is 45.3 Å². The molecule has 2 amide bonds. The van der Waals surface area contributed by atoms with E-state index in [1.54, 1.807) is 24.5 Å². The molecule has 1 aliphatic rings. The Morgan fingerprint density at radius 2 is 2.07 bits per heavy atom. The fraction of sp³-hybridized carbons (Fsp3) is 0.286. The Morgan fingerprint density at radius 1 is 1.28 bits per heavy atom. The second-order valence-corrected chi connectivity index (χ2v) is 8.26. The van der Waals surface area contributed by atoms with Crippen LogP contribution in [0.2, 0.25) is 0 Å². The van der Waals surface area contributed by atoms with Crippen LogP contribution in [-0.2, 0) is 16.0 Å². The highest BCUT2D eigenvalue weighted by Gasteiger charge is 2.31. The summed E-state index contributed by atoms with van der Waals surface area (Å²) in [5.74, 6) is 0.268. The van der Waals surface area contributed by atoms with Crippen molar-refractivity contribution < 1.29 is 19.1 Å². The van der Waals surface area contributed by atoms with Crippen molar-refractivity contribution in [1.82, 2.24) is 10.2 Å². The molecule has 0 radical (unpaired) electrons. The maximum Gasteiger partial charge on any atom is 0.266 e. The number of carbonyl (C=O) groups excluding carboxylic acids is 2. The molecule has 2 heterocycles. The second kappa shape index (κ2) is 10.4. The van der Waals surface area contributed by atoms with Crippen molar-refractivity contribution in [2.24, 2.45) is 0 Å². The number of hydrogen-bond donors (Lipinski definition) is 2. The molecule has 0 spiro atoms. The summed E-state index contributed by atoms with van der Waals surface area (Å²) in [6.07, 6.45) is 4.51. The largest absolute Gasteiger partial charge is 0.465 e. The number of carbonyl (C=O) groups is 2. The maximum absolute atomic E-state index is 12.5. The molecule has 1 aromatic carbocycles. The van der Waals surface area contributed by atoms with Gasteiger partial charge in [-0.05, 0) is 30.5 Å². The van der Waals surface area contributed by atoms with Crippen molar-refractivity contribution in [2.45, 2.75) is 25.3 Å². The van der Waals surface area contributed by atoms with Gasteiger partial charge in [0.05, 0.1) is 23.8 Å². The monoisotopic (exact) mass is 430 g/mol. The Balaban J connectivity index is 1.46. The Bertz CT molecular complexity index is 881. The maximum atomic E-state index is 12.5. The molecule has 8 heteroatoms. The SMILES string of the molecule is O=C(CCCN1C(=O)/C(=C\c2ccco2)SC1=S)N[C@@H](CO)Cc1ccccc1. The molecule has 1 aromatic heterocycles. The molecule has 29 heavy (non-hydrogen) atoms. The van der Waals surface area contributed by atoms with E-state index in [4.69, 9.17) is 16.6 Å². The molecule has 3 rings (SSSR count). The lowest BCUT2D eigenvalue weighted by molar-refractivity contribution is -0.124. The van der Waals surface area contributed by atoms with Crippen LogP contribution < -0.4 is 5.32 Å². The number of thiocarbonyl (C=S) groups is 1. The number of furan rings is 1. The van der Waals surface area contributed by atoms with Crippen LogP contribution in [0.25, 0.3) is 6.08 Å². The number of hydrogen-bond acceptors (Lipinski definition) is 6. The van der Waals surface area contributed by atoms with Crippen molar-refractivity contribution in [3.8, 4) is 0 Å². The van der Waals surface area contributed by atoms with Gasteiger partial charge in [0.1, 0.15) is 10.1 Å². The van der Waals surface area contributed by atoms with Gasteiger partial charge in [-0.2, -0.15) is 0 Å². The average Bonchev–Trinajstić information content (AvgIpc) is 3.32. The van der Waals surface area contributed by atoms with Crippen LogP contribution in [0, 0.1) is 0 Å². The summed E-state index contributed by atoms with van der Waals surface area (Å²) < 4.78 is 5.72. The van der Waals surface area contributed by atoms with Gasteiger partial charge in [0, 0.05) is 19.0 Å². The predicted molar refractivity (Wildman–Crippen MR) is 117 cm³/mol. The van der Waals surface area contributed by atoms with Crippen molar-refractivity contribution >= 4 is 46.2 Å². The van der Waals surface area contributed by atoms with Crippen LogP contribution in [0.3, 0.4) is 0 Å². The number of aliphatic hydroxyl groups is 1. The molecular formula is C21H22N2O4S2. The summed E-state index contributed by atoms with van der Waals surface area (Å²) in [7, 11) is 0. The predicted octanol–water partition coefficient (Wildman–Crippen LogP) is 2.98. The number of aliphatic hydroxyl groups excluding tert-OH is 1. The fourth-order valence-corrected chi connectivity index (χ4v) is 4.24. The van der Waals surface area contributed by atoms with Crippen LogP contribution in [0.1, 0.15) is 24.2 Å². The molecule has 1 aliphatic heterocycles. The Hall–Kier alpha value is -2.42. The third-order valence-corrected chi connectivity index (χ3v) is 5.76. The topological polar surface area (TPSA) is 82.8 Å². The van der Waals surface area contributed by atoms with Crippen LogP contribution in [0.15, 0.2) is 58.1 Å². The van der Waals surface area contributed by atoms with Gasteiger partial charge >= 0.3 is 0 Å². The van der Waals surface area contributed by atoms with E-state index in [1.807, 2.05) is 30.3 Å². The zero-order valence-corrected chi connectivity index (χ0v) is 17.4. The highest BCUT2D eigenvalue weighted by Crippen LogP contribution is 2.32. The van der Waals surface area contributed by atoms with E-state index in [1.165, 1.54) is 16.7 Å². The summed E-state index contributed by atoms with van der Waals surface area (Å²) in [6.45, 7) is 0.239. The number of amides is 2. The van der Waals surface area contributed by atoms with E-state index < -0.39 is 0 Å². The third-order valence-electron chi connectivity index (χ3n) is 4.39. The second-order valence-electron chi connectivity index (χ2n) is 6.59. The number of nitrogens with one attached hydrogen (secondary N) is 1. The highest BCUT2D eigenvalue weighted by molar-refractivity contribution is 8.26. The lowest BCUT2D eigenvalue weighted by Crippen LogP contribution is -2.39. The zero-order chi connectivity index (χ0) is 20.6. The lowest BCUT2D eigenvalue weighted by Gasteiger charge is -2.17. The first-order valence-electron chi connectivity index (χ1n) is 9.30. The number of benzene rings is 1. The van der Waals surface area contributed by atoms with E-state index in [2.05, 4.69) is 5.32 Å². The minimum atomic E-state index is -0.335. The normalized spacial score (nSPS) is 16.4. The van der Waals surface area contributed by atoms with Gasteiger partial charge in [-0.25, -0.2) is 0 Å². The van der Waals surface area contributed by atoms with E-state index in [0.717, 1.165) is 5.56 Å². The summed E-state index contributed by atoms with van der Waals surface area (Å²) in [6, 6.07) is 12.9. The molecule has 0 bridgehead atoms. The number of thioether (sulfide) groups is 1. The highest BCUT2D eigenvalue weighted by atomic mass is 32.2. The van der Waals surface area contributed by atoms with E-state index in [0.29, 0.717) is 34.4 Å². The summed E-state index contributed by atoms with van der Waals surface area (Å²) >= 11 is 6.52. The van der Waals surface area contributed by atoms with Crippen LogP contribution >= 0.6 is 24.0 Å². The molecular weight excluding hydrogens is 408 g/mol. The van der Waals surface area contributed by atoms with Gasteiger partial charge < -0.3 is 14.8 Å². The number of rotatable bonds is 9. The quantitative estimate of drug-likeness (QED) is 0.470. The minimum Gasteiger partial charge on any atom is -0.465 e. The van der Waals surface area contributed by atoms with E-state index >= 15 is 0 Å². The lowest BCUT2D eigenvalue weighted by atomic mass is 10.1. The number of nitrogens with zero attached hydrogens (tertiary/aromatic N) is 1. The molecule has 0 aliphatic carbocycles. The molecule has 1 atom stereocenters. The Kier molecular flexibility index (Phi) is 7.62. The first kappa shape index (κ1) is 21.3. The van der Waals surface area contributed by atoms with E-state index in [9.17, 15) is 14.7 Å². The van der Waals surface area contributed by atoms with Crippen molar-refractivity contribution in [1.29, 1.82) is 0 Å².